The summed E-state index contributed by atoms with van der Waals surface area (Å²) in [7, 11) is -2.53. The molecule has 0 atom stereocenters. The van der Waals surface area contributed by atoms with Crippen molar-refractivity contribution in [1.82, 2.24) is 9.78 Å². The molecular weight excluding hydrogens is 451 g/mol. The summed E-state index contributed by atoms with van der Waals surface area (Å²) in [6.07, 6.45) is 1.78. The van der Waals surface area contributed by atoms with E-state index >= 15 is 0 Å². The summed E-state index contributed by atoms with van der Waals surface area (Å²) in [6.45, 7) is 0. The molecule has 0 radical (unpaired) electrons. The molecule has 0 amide bonds. The smallest absolute Gasteiger partial charge is 0.267 e. The van der Waals surface area contributed by atoms with Crippen molar-refractivity contribution in [2.24, 2.45) is 0 Å². The van der Waals surface area contributed by atoms with Gasteiger partial charge in [0.2, 0.25) is 0 Å². The summed E-state index contributed by atoms with van der Waals surface area (Å²) in [4.78, 5) is 13.5. The molecule has 0 bridgehead atoms. The van der Waals surface area contributed by atoms with Crippen LogP contribution in [0.4, 0.5) is 4.39 Å². The Morgan fingerprint density at radius 1 is 0.938 bits per heavy atom. The van der Waals surface area contributed by atoms with Gasteiger partial charge >= 0.3 is 0 Å². The first-order valence-electron chi connectivity index (χ1n) is 9.73. The molecule has 1 aromatic heterocycles. The molecule has 4 rings (SSSR count). The lowest BCUT2D eigenvalue weighted by Gasteiger charge is -2.13. The van der Waals surface area contributed by atoms with Crippen LogP contribution in [0.3, 0.4) is 0 Å². The van der Waals surface area contributed by atoms with Gasteiger partial charge in [-0.15, -0.1) is 0 Å². The average molecular weight is 469 g/mol. The van der Waals surface area contributed by atoms with Crippen LogP contribution in [0.2, 0.25) is 5.02 Å². The molecule has 0 unspecified atom stereocenters. The highest BCUT2D eigenvalue weighted by molar-refractivity contribution is 7.71. The fourth-order valence-electron chi connectivity index (χ4n) is 3.49. The number of benzene rings is 3. The van der Waals surface area contributed by atoms with Crippen molar-refractivity contribution in [3.8, 4) is 16.8 Å². The van der Waals surface area contributed by atoms with E-state index in [0.717, 1.165) is 0 Å². The SMILES string of the molecule is O=c1c(Cc2cccc(F)c2)c(-c2ccc(C[SH](=O)=O)cc2)cnn1-c1cccc(Cl)c1. The van der Waals surface area contributed by atoms with Crippen LogP contribution in [0, 0.1) is 5.82 Å². The van der Waals surface area contributed by atoms with Crippen molar-refractivity contribution in [2.75, 3.05) is 0 Å². The van der Waals surface area contributed by atoms with E-state index in [-0.39, 0.29) is 23.6 Å². The third kappa shape index (κ3) is 4.95. The molecule has 0 spiro atoms. The van der Waals surface area contributed by atoms with Crippen molar-refractivity contribution in [3.05, 3.63) is 117 Å². The van der Waals surface area contributed by atoms with Crippen molar-refractivity contribution in [3.63, 3.8) is 0 Å². The molecule has 0 saturated heterocycles. The minimum Gasteiger partial charge on any atom is -0.267 e. The lowest BCUT2D eigenvalue weighted by Crippen LogP contribution is -2.25. The fourth-order valence-corrected chi connectivity index (χ4v) is 4.18. The number of hydrogen-bond donors (Lipinski definition) is 1. The molecule has 4 aromatic rings. The van der Waals surface area contributed by atoms with Crippen LogP contribution >= 0.6 is 11.6 Å². The van der Waals surface area contributed by atoms with Gasteiger partial charge in [-0.25, -0.2) is 12.8 Å². The third-order valence-electron chi connectivity index (χ3n) is 4.98. The van der Waals surface area contributed by atoms with Gasteiger partial charge in [-0.2, -0.15) is 9.78 Å². The first kappa shape index (κ1) is 21.9. The molecule has 0 aliphatic rings. The summed E-state index contributed by atoms with van der Waals surface area (Å²) >= 11 is 6.08. The number of rotatable bonds is 6. The second-order valence-corrected chi connectivity index (χ2v) is 8.65. The van der Waals surface area contributed by atoms with Gasteiger partial charge in [0.15, 0.2) is 0 Å². The number of halogens is 2. The third-order valence-corrected chi connectivity index (χ3v) is 5.84. The van der Waals surface area contributed by atoms with Crippen LogP contribution in [0.1, 0.15) is 16.7 Å². The van der Waals surface area contributed by atoms with E-state index < -0.39 is 10.7 Å². The lowest BCUT2D eigenvalue weighted by atomic mass is 9.97. The van der Waals surface area contributed by atoms with Crippen LogP contribution in [0.25, 0.3) is 16.8 Å². The lowest BCUT2D eigenvalue weighted by molar-refractivity contribution is 0.614. The Labute approximate surface area is 190 Å². The molecule has 0 N–H and O–H groups in total. The monoisotopic (exact) mass is 468 g/mol. The summed E-state index contributed by atoms with van der Waals surface area (Å²) in [5.41, 5.74) is 3.21. The molecule has 3 aromatic carbocycles. The average Bonchev–Trinajstić information content (AvgIpc) is 2.75. The van der Waals surface area contributed by atoms with Gasteiger partial charge in [0.25, 0.3) is 5.56 Å². The van der Waals surface area contributed by atoms with Gasteiger partial charge in [0.1, 0.15) is 16.5 Å². The standard InChI is InChI=1S/C24H18ClFN2O3S/c25-19-4-2-6-21(13-19)28-24(29)22(12-17-3-1-5-20(26)11-17)23(14-27-28)18-9-7-16(8-10-18)15-32(30)31/h1-11,13-14,32H,12,15H2. The quantitative estimate of drug-likeness (QED) is 0.426. The Balaban J connectivity index is 1.85. The number of hydrogen-bond acceptors (Lipinski definition) is 4. The van der Waals surface area contributed by atoms with E-state index in [4.69, 9.17) is 11.6 Å². The van der Waals surface area contributed by atoms with Crippen molar-refractivity contribution >= 4 is 22.3 Å². The molecule has 1 heterocycles. The normalized spacial score (nSPS) is 11.1. The van der Waals surface area contributed by atoms with Crippen molar-refractivity contribution < 1.29 is 12.8 Å². The van der Waals surface area contributed by atoms with E-state index in [1.54, 1.807) is 66.9 Å². The minimum absolute atomic E-state index is 0.0552. The molecule has 5 nitrogen and oxygen atoms in total. The Hall–Kier alpha value is -3.29. The van der Waals surface area contributed by atoms with E-state index in [1.165, 1.54) is 16.8 Å². The zero-order chi connectivity index (χ0) is 22.7. The van der Waals surface area contributed by atoms with Crippen LogP contribution in [-0.4, -0.2) is 18.2 Å². The summed E-state index contributed by atoms with van der Waals surface area (Å²) in [6, 6.07) is 19.8. The van der Waals surface area contributed by atoms with Crippen molar-refractivity contribution in [1.29, 1.82) is 0 Å². The number of nitrogens with zero attached hydrogens (tertiary/aromatic N) is 2. The summed E-state index contributed by atoms with van der Waals surface area (Å²) in [5, 5.41) is 4.80. The molecular formula is C24H18ClFN2O3S. The highest BCUT2D eigenvalue weighted by Crippen LogP contribution is 2.25. The second kappa shape index (κ2) is 9.46. The van der Waals surface area contributed by atoms with E-state index in [0.29, 0.717) is 38.5 Å². The van der Waals surface area contributed by atoms with Gasteiger partial charge < -0.3 is 0 Å². The maximum Gasteiger partial charge on any atom is 0.275 e. The second-order valence-electron chi connectivity index (χ2n) is 7.23. The van der Waals surface area contributed by atoms with Gasteiger partial charge in [0, 0.05) is 22.6 Å². The Bertz CT molecular complexity index is 1410. The number of aromatic nitrogens is 2. The van der Waals surface area contributed by atoms with Crippen molar-refractivity contribution in [2.45, 2.75) is 12.2 Å². The van der Waals surface area contributed by atoms with Crippen LogP contribution in [0.15, 0.2) is 83.8 Å². The first-order chi connectivity index (χ1) is 15.4. The molecule has 0 aliphatic heterocycles. The molecule has 0 fully saturated rings. The van der Waals surface area contributed by atoms with Gasteiger partial charge in [-0.05, 0) is 47.0 Å². The van der Waals surface area contributed by atoms with Gasteiger partial charge in [-0.1, -0.05) is 54.1 Å². The van der Waals surface area contributed by atoms with E-state index in [9.17, 15) is 17.6 Å². The highest BCUT2D eigenvalue weighted by atomic mass is 35.5. The molecule has 0 aliphatic carbocycles. The zero-order valence-electron chi connectivity index (χ0n) is 16.7. The molecule has 162 valence electrons. The minimum atomic E-state index is -2.53. The zero-order valence-corrected chi connectivity index (χ0v) is 18.4. The van der Waals surface area contributed by atoms with Crippen LogP contribution in [-0.2, 0) is 22.9 Å². The predicted octanol–water partition coefficient (Wildman–Crippen LogP) is 4.39. The Kier molecular flexibility index (Phi) is 6.48. The fraction of sp³-hybridized carbons (Fsp3) is 0.0833. The van der Waals surface area contributed by atoms with E-state index in [1.807, 2.05) is 0 Å². The summed E-state index contributed by atoms with van der Waals surface area (Å²) in [5.74, 6) is -0.440. The number of thiol groups is 1. The van der Waals surface area contributed by atoms with Crippen LogP contribution < -0.4 is 5.56 Å². The maximum atomic E-state index is 13.8. The predicted molar refractivity (Wildman–Crippen MR) is 124 cm³/mol. The maximum absolute atomic E-state index is 13.8. The topological polar surface area (TPSA) is 69.0 Å². The summed E-state index contributed by atoms with van der Waals surface area (Å²) < 4.78 is 37.0. The molecule has 0 saturated carbocycles. The van der Waals surface area contributed by atoms with Gasteiger partial charge in [0.05, 0.1) is 17.6 Å². The first-order valence-corrected chi connectivity index (χ1v) is 11.5. The molecule has 8 heteroatoms. The van der Waals surface area contributed by atoms with Gasteiger partial charge in [-0.3, -0.25) is 4.79 Å². The highest BCUT2D eigenvalue weighted by Gasteiger charge is 2.15. The van der Waals surface area contributed by atoms with E-state index in [2.05, 4.69) is 5.10 Å². The Morgan fingerprint density at radius 2 is 1.69 bits per heavy atom. The molecule has 32 heavy (non-hydrogen) atoms. The van der Waals surface area contributed by atoms with Crippen LogP contribution in [0.5, 0.6) is 0 Å². The largest absolute Gasteiger partial charge is 0.275 e. The Morgan fingerprint density at radius 3 is 2.38 bits per heavy atom.